The van der Waals surface area contributed by atoms with Crippen molar-refractivity contribution < 1.29 is 19.1 Å². The molecule has 1 heterocycles. The summed E-state index contributed by atoms with van der Waals surface area (Å²) >= 11 is 1.40. The smallest absolute Gasteiger partial charge is 0.343 e. The second kappa shape index (κ2) is 9.32. The van der Waals surface area contributed by atoms with Crippen molar-refractivity contribution in [1.29, 1.82) is 0 Å². The maximum atomic E-state index is 12.3. The van der Waals surface area contributed by atoms with Gasteiger partial charge in [0.1, 0.15) is 5.75 Å². The van der Waals surface area contributed by atoms with Gasteiger partial charge in [-0.2, -0.15) is 0 Å². The maximum absolute atomic E-state index is 12.3. The average Bonchev–Trinajstić information content (AvgIpc) is 3.06. The standard InChI is InChI=1S/C21H22N2O4S/c1-3-14-8-10-16(11-9-14)22-21-23-20(25)18(28-21)12-15-6-4-5-7-17(15)27-13-19(24)26-2/h4-12,21-22H,3,13H2,1-2H3,(H,23,25)/b18-12-/t21-/m1/s1. The van der Waals surface area contributed by atoms with Gasteiger partial charge in [0.25, 0.3) is 5.91 Å². The fourth-order valence-corrected chi connectivity index (χ4v) is 3.60. The van der Waals surface area contributed by atoms with Crippen molar-refractivity contribution in [1.82, 2.24) is 5.32 Å². The molecule has 1 saturated heterocycles. The molecule has 2 aromatic rings. The molecule has 6 nitrogen and oxygen atoms in total. The number of anilines is 1. The number of methoxy groups -OCH3 is 1. The van der Waals surface area contributed by atoms with Gasteiger partial charge in [-0.05, 0) is 36.3 Å². The Labute approximate surface area is 168 Å². The van der Waals surface area contributed by atoms with Crippen molar-refractivity contribution in [2.24, 2.45) is 0 Å². The van der Waals surface area contributed by atoms with Gasteiger partial charge in [0.15, 0.2) is 12.1 Å². The van der Waals surface area contributed by atoms with Crippen LogP contribution in [0.25, 0.3) is 6.08 Å². The fourth-order valence-electron chi connectivity index (χ4n) is 2.62. The van der Waals surface area contributed by atoms with E-state index < -0.39 is 5.97 Å². The first-order valence-corrected chi connectivity index (χ1v) is 9.80. The van der Waals surface area contributed by atoms with Crippen LogP contribution >= 0.6 is 11.8 Å². The van der Waals surface area contributed by atoms with Crippen molar-refractivity contribution in [2.75, 3.05) is 19.0 Å². The van der Waals surface area contributed by atoms with Crippen LogP contribution in [0, 0.1) is 0 Å². The van der Waals surface area contributed by atoms with Crippen LogP contribution in [0.1, 0.15) is 18.1 Å². The van der Waals surface area contributed by atoms with Crippen molar-refractivity contribution in [3.8, 4) is 5.75 Å². The van der Waals surface area contributed by atoms with Crippen molar-refractivity contribution in [3.05, 3.63) is 64.6 Å². The minimum Gasteiger partial charge on any atom is -0.481 e. The van der Waals surface area contributed by atoms with Crippen LogP contribution in [0.5, 0.6) is 5.75 Å². The van der Waals surface area contributed by atoms with Crippen molar-refractivity contribution >= 4 is 35.4 Å². The first-order chi connectivity index (χ1) is 13.6. The number of esters is 1. The van der Waals surface area contributed by atoms with E-state index in [4.69, 9.17) is 4.74 Å². The molecular weight excluding hydrogens is 376 g/mol. The van der Waals surface area contributed by atoms with Crippen LogP contribution in [0.3, 0.4) is 0 Å². The third-order valence-electron chi connectivity index (χ3n) is 4.17. The van der Waals surface area contributed by atoms with Gasteiger partial charge in [-0.15, -0.1) is 0 Å². The number of carbonyl (C=O) groups excluding carboxylic acids is 2. The Hall–Kier alpha value is -2.93. The van der Waals surface area contributed by atoms with Crippen LogP contribution in [0.4, 0.5) is 5.69 Å². The third kappa shape index (κ3) is 5.07. The predicted molar refractivity (Wildman–Crippen MR) is 111 cm³/mol. The van der Waals surface area contributed by atoms with Gasteiger partial charge in [-0.1, -0.05) is 49.0 Å². The number of carbonyl (C=O) groups is 2. The first-order valence-electron chi connectivity index (χ1n) is 8.92. The Bertz CT molecular complexity index is 880. The second-order valence-electron chi connectivity index (χ2n) is 6.08. The number of benzene rings is 2. The van der Waals surface area contributed by atoms with Gasteiger partial charge in [0, 0.05) is 11.3 Å². The molecule has 2 aromatic carbocycles. The highest BCUT2D eigenvalue weighted by Gasteiger charge is 2.27. The summed E-state index contributed by atoms with van der Waals surface area (Å²) in [6.07, 6.45) is 2.74. The zero-order valence-electron chi connectivity index (χ0n) is 15.7. The molecule has 0 spiro atoms. The lowest BCUT2D eigenvalue weighted by Crippen LogP contribution is -2.30. The molecule has 28 heavy (non-hydrogen) atoms. The highest BCUT2D eigenvalue weighted by Crippen LogP contribution is 2.32. The molecule has 0 bridgehead atoms. The first kappa shape index (κ1) is 19.8. The Morgan fingerprint density at radius 2 is 1.96 bits per heavy atom. The fraction of sp³-hybridized carbons (Fsp3) is 0.238. The predicted octanol–water partition coefficient (Wildman–Crippen LogP) is 3.40. The van der Waals surface area contributed by atoms with E-state index in [9.17, 15) is 9.59 Å². The number of thioether (sulfide) groups is 1. The number of hydrogen-bond acceptors (Lipinski definition) is 6. The minimum absolute atomic E-state index is 0.157. The summed E-state index contributed by atoms with van der Waals surface area (Å²) in [7, 11) is 1.31. The van der Waals surface area contributed by atoms with E-state index in [-0.39, 0.29) is 18.0 Å². The van der Waals surface area contributed by atoms with Gasteiger partial charge < -0.3 is 20.1 Å². The van der Waals surface area contributed by atoms with E-state index in [0.29, 0.717) is 10.7 Å². The van der Waals surface area contributed by atoms with Crippen molar-refractivity contribution in [3.63, 3.8) is 0 Å². The molecule has 3 rings (SSSR count). The van der Waals surface area contributed by atoms with Crippen LogP contribution < -0.4 is 15.4 Å². The Morgan fingerprint density at radius 1 is 1.21 bits per heavy atom. The number of aryl methyl sites for hydroxylation is 1. The molecule has 0 saturated carbocycles. The van der Waals surface area contributed by atoms with Crippen LogP contribution in [-0.2, 0) is 20.7 Å². The summed E-state index contributed by atoms with van der Waals surface area (Å²) < 4.78 is 10.1. The Kier molecular flexibility index (Phi) is 6.60. The number of nitrogens with one attached hydrogen (secondary N) is 2. The van der Waals surface area contributed by atoms with Crippen molar-refractivity contribution in [2.45, 2.75) is 18.8 Å². The number of para-hydroxylation sites is 1. The quantitative estimate of drug-likeness (QED) is 0.550. The molecule has 146 valence electrons. The van der Waals surface area contributed by atoms with E-state index in [1.807, 2.05) is 24.3 Å². The summed E-state index contributed by atoms with van der Waals surface area (Å²) in [6, 6.07) is 15.4. The molecule has 2 N–H and O–H groups in total. The molecule has 7 heteroatoms. The lowest BCUT2D eigenvalue weighted by Gasteiger charge is -2.13. The van der Waals surface area contributed by atoms with Crippen LogP contribution in [0.2, 0.25) is 0 Å². The largest absolute Gasteiger partial charge is 0.481 e. The normalized spacial score (nSPS) is 17.3. The van der Waals surface area contributed by atoms with E-state index in [1.165, 1.54) is 24.4 Å². The molecule has 0 aliphatic carbocycles. The third-order valence-corrected chi connectivity index (χ3v) is 5.20. The zero-order chi connectivity index (χ0) is 19.9. The van der Waals surface area contributed by atoms with Gasteiger partial charge >= 0.3 is 5.97 Å². The number of amides is 1. The topological polar surface area (TPSA) is 76.7 Å². The van der Waals surface area contributed by atoms with Gasteiger partial charge in [0.05, 0.1) is 12.0 Å². The summed E-state index contributed by atoms with van der Waals surface area (Å²) in [4.78, 5) is 24.2. The minimum atomic E-state index is -0.464. The average molecular weight is 398 g/mol. The molecule has 1 atom stereocenters. The molecule has 0 unspecified atom stereocenters. The lowest BCUT2D eigenvalue weighted by atomic mass is 10.1. The van der Waals surface area contributed by atoms with Crippen LogP contribution in [-0.4, -0.2) is 31.1 Å². The Balaban J connectivity index is 1.69. The lowest BCUT2D eigenvalue weighted by molar-refractivity contribution is -0.142. The molecule has 1 amide bonds. The molecule has 1 aliphatic heterocycles. The SMILES string of the molecule is CCc1ccc(N[C@@H]2NC(=O)/C(=C/c3ccccc3OCC(=O)OC)S2)cc1. The maximum Gasteiger partial charge on any atom is 0.343 e. The summed E-state index contributed by atoms with van der Waals surface area (Å²) in [6.45, 7) is 1.92. The monoisotopic (exact) mass is 398 g/mol. The molecule has 1 aliphatic rings. The molecule has 0 aromatic heterocycles. The number of rotatable bonds is 7. The molecule has 0 radical (unpaired) electrons. The summed E-state index contributed by atoms with van der Waals surface area (Å²) in [5.41, 5.74) is 2.67. The highest BCUT2D eigenvalue weighted by atomic mass is 32.2. The summed E-state index contributed by atoms with van der Waals surface area (Å²) in [5, 5.41) is 6.21. The van der Waals surface area contributed by atoms with E-state index in [1.54, 1.807) is 18.2 Å². The molecule has 1 fully saturated rings. The van der Waals surface area contributed by atoms with Gasteiger partial charge in [0.2, 0.25) is 0 Å². The van der Waals surface area contributed by atoms with E-state index in [2.05, 4.69) is 34.4 Å². The Morgan fingerprint density at radius 3 is 2.68 bits per heavy atom. The summed E-state index contributed by atoms with van der Waals surface area (Å²) in [5.74, 6) is -0.107. The van der Waals surface area contributed by atoms with E-state index >= 15 is 0 Å². The number of ether oxygens (including phenoxy) is 2. The van der Waals surface area contributed by atoms with Gasteiger partial charge in [-0.25, -0.2) is 4.79 Å². The van der Waals surface area contributed by atoms with E-state index in [0.717, 1.165) is 17.7 Å². The van der Waals surface area contributed by atoms with Gasteiger partial charge in [-0.3, -0.25) is 4.79 Å². The second-order valence-corrected chi connectivity index (χ2v) is 7.22. The highest BCUT2D eigenvalue weighted by molar-refractivity contribution is 8.05. The zero-order valence-corrected chi connectivity index (χ0v) is 16.5. The molecular formula is C21H22N2O4S. The van der Waals surface area contributed by atoms with Crippen LogP contribution in [0.15, 0.2) is 53.4 Å². The number of hydrogen-bond donors (Lipinski definition) is 2.